The number of methoxy groups -OCH3 is 1. The molecule has 0 amide bonds. The molecule has 0 saturated heterocycles. The highest BCUT2D eigenvalue weighted by atomic mass is 16.5. The third-order valence-electron chi connectivity index (χ3n) is 8.12. The Bertz CT molecular complexity index is 1010. The first-order chi connectivity index (χ1) is 18.4. The zero-order valence-corrected chi connectivity index (χ0v) is 23.5. The quantitative estimate of drug-likeness (QED) is 0.160. The highest BCUT2D eigenvalue weighted by molar-refractivity contribution is 5.87. The number of aliphatic hydroxyl groups is 1. The average Bonchev–Trinajstić information content (AvgIpc) is 2.96. The molecule has 0 aromatic heterocycles. The summed E-state index contributed by atoms with van der Waals surface area (Å²) in [7, 11) is 1.68. The molecule has 1 aliphatic rings. The van der Waals surface area contributed by atoms with E-state index in [1.807, 2.05) is 0 Å². The predicted octanol–water partition coefficient (Wildman–Crippen LogP) is 7.52. The average molecular weight is 519 g/mol. The first kappa shape index (κ1) is 29.9. The first-order valence-electron chi connectivity index (χ1n) is 14.2. The lowest BCUT2D eigenvalue weighted by Gasteiger charge is -2.34. The number of hydrogen-bond donors (Lipinski definition) is 1. The van der Waals surface area contributed by atoms with Gasteiger partial charge in [-0.15, -0.1) is 0 Å². The van der Waals surface area contributed by atoms with Gasteiger partial charge in [0.05, 0.1) is 25.4 Å². The fraction of sp³-hybridized carbons (Fsp3) is 0.500. The summed E-state index contributed by atoms with van der Waals surface area (Å²) in [5, 5.41) is 9.07. The third-order valence-corrected chi connectivity index (χ3v) is 8.12. The van der Waals surface area contributed by atoms with Crippen molar-refractivity contribution in [2.45, 2.75) is 64.7 Å². The van der Waals surface area contributed by atoms with Crippen LogP contribution in [0.3, 0.4) is 0 Å². The van der Waals surface area contributed by atoms with E-state index in [0.717, 1.165) is 19.3 Å². The minimum atomic E-state index is -0.523. The Morgan fingerprint density at radius 1 is 1.03 bits per heavy atom. The Labute approximate surface area is 229 Å². The number of esters is 1. The van der Waals surface area contributed by atoms with Gasteiger partial charge in [-0.25, -0.2) is 4.79 Å². The molecule has 0 radical (unpaired) electrons. The second-order valence-electron chi connectivity index (χ2n) is 10.9. The van der Waals surface area contributed by atoms with Crippen LogP contribution in [-0.4, -0.2) is 38.0 Å². The summed E-state index contributed by atoms with van der Waals surface area (Å²) in [5.41, 5.74) is 5.49. The highest BCUT2D eigenvalue weighted by Gasteiger charge is 2.28. The Hall–Kier alpha value is -2.69. The van der Waals surface area contributed by atoms with Crippen molar-refractivity contribution in [2.24, 2.45) is 17.8 Å². The minimum absolute atomic E-state index is 0.0918. The third kappa shape index (κ3) is 8.96. The van der Waals surface area contributed by atoms with E-state index in [1.54, 1.807) is 7.11 Å². The standard InChI is InChI=1S/C34H46O4/c1-5-6-7-8-27-9-11-30(12-10-27)32-17-19-33(20-18-32)31-15-13-29(14-16-31)25(2)21-28(23-37-4)24-38-34(36)26(3)22-35/h5-6,9-12,17-20,25,28-29,31,35H,3,7-8,13-16,21-24H2,1-2,4H3/b6-5+. The van der Waals surface area contributed by atoms with Crippen molar-refractivity contribution < 1.29 is 19.4 Å². The molecule has 1 fully saturated rings. The number of aliphatic hydroxyl groups excluding tert-OH is 1. The van der Waals surface area contributed by atoms with Crippen LogP contribution in [-0.2, 0) is 20.7 Å². The topological polar surface area (TPSA) is 55.8 Å². The molecule has 38 heavy (non-hydrogen) atoms. The van der Waals surface area contributed by atoms with Crippen molar-refractivity contribution in [1.82, 2.24) is 0 Å². The Morgan fingerprint density at radius 3 is 2.24 bits per heavy atom. The molecule has 2 aromatic carbocycles. The van der Waals surface area contributed by atoms with Gasteiger partial charge in [0.15, 0.2) is 0 Å². The number of benzene rings is 2. The van der Waals surface area contributed by atoms with Gasteiger partial charge in [0.25, 0.3) is 0 Å². The van der Waals surface area contributed by atoms with Gasteiger partial charge in [-0.3, -0.25) is 0 Å². The van der Waals surface area contributed by atoms with Crippen molar-refractivity contribution in [3.05, 3.63) is 84.0 Å². The zero-order chi connectivity index (χ0) is 27.3. The molecule has 2 aromatic rings. The van der Waals surface area contributed by atoms with Gasteiger partial charge >= 0.3 is 5.97 Å². The van der Waals surface area contributed by atoms with Crippen molar-refractivity contribution in [3.63, 3.8) is 0 Å². The monoisotopic (exact) mass is 518 g/mol. The van der Waals surface area contributed by atoms with Gasteiger partial charge in [-0.1, -0.05) is 74.2 Å². The van der Waals surface area contributed by atoms with Crippen molar-refractivity contribution in [3.8, 4) is 11.1 Å². The number of carbonyl (C=O) groups excluding carboxylic acids is 1. The summed E-state index contributed by atoms with van der Waals surface area (Å²) >= 11 is 0. The number of ether oxygens (including phenoxy) is 2. The summed E-state index contributed by atoms with van der Waals surface area (Å²) < 4.78 is 10.7. The molecule has 2 unspecified atom stereocenters. The molecule has 4 nitrogen and oxygen atoms in total. The van der Waals surface area contributed by atoms with Gasteiger partial charge in [-0.2, -0.15) is 0 Å². The van der Waals surface area contributed by atoms with E-state index < -0.39 is 5.97 Å². The molecule has 0 spiro atoms. The molecular weight excluding hydrogens is 472 g/mol. The molecule has 0 aliphatic heterocycles. The van der Waals surface area contributed by atoms with E-state index in [1.165, 1.54) is 47.9 Å². The lowest BCUT2D eigenvalue weighted by molar-refractivity contribution is -0.141. The smallest absolute Gasteiger partial charge is 0.335 e. The maximum Gasteiger partial charge on any atom is 0.335 e. The Morgan fingerprint density at radius 2 is 1.66 bits per heavy atom. The van der Waals surface area contributed by atoms with Gasteiger partial charge < -0.3 is 14.6 Å². The van der Waals surface area contributed by atoms with E-state index >= 15 is 0 Å². The van der Waals surface area contributed by atoms with E-state index in [4.69, 9.17) is 14.6 Å². The summed E-state index contributed by atoms with van der Waals surface area (Å²) in [6.45, 7) is 8.42. The SMILES string of the molecule is C=C(CO)C(=O)OCC(COC)CC(C)C1CCC(c2ccc(-c3ccc(CC/C=C/C)cc3)cc2)CC1. The fourth-order valence-corrected chi connectivity index (χ4v) is 5.75. The van der Waals surface area contributed by atoms with Crippen LogP contribution >= 0.6 is 0 Å². The van der Waals surface area contributed by atoms with E-state index in [0.29, 0.717) is 31.0 Å². The summed E-state index contributed by atoms with van der Waals surface area (Å²) in [4.78, 5) is 11.9. The summed E-state index contributed by atoms with van der Waals surface area (Å²) in [6, 6.07) is 18.2. The number of carbonyl (C=O) groups is 1. The molecule has 2 atom stereocenters. The zero-order valence-electron chi connectivity index (χ0n) is 23.5. The van der Waals surface area contributed by atoms with Crippen molar-refractivity contribution in [1.29, 1.82) is 0 Å². The minimum Gasteiger partial charge on any atom is -0.462 e. The van der Waals surface area contributed by atoms with Crippen LogP contribution in [0.15, 0.2) is 72.8 Å². The maximum atomic E-state index is 11.9. The van der Waals surface area contributed by atoms with Crippen molar-refractivity contribution in [2.75, 3.05) is 26.9 Å². The predicted molar refractivity (Wildman–Crippen MR) is 156 cm³/mol. The number of allylic oxidation sites excluding steroid dienone is 2. The lowest BCUT2D eigenvalue weighted by Crippen LogP contribution is -2.26. The normalized spacial score (nSPS) is 19.3. The van der Waals surface area contributed by atoms with Gasteiger partial charge in [-0.05, 0) is 91.9 Å². The lowest BCUT2D eigenvalue weighted by atomic mass is 9.72. The second-order valence-corrected chi connectivity index (χ2v) is 10.9. The number of rotatable bonds is 14. The first-order valence-corrected chi connectivity index (χ1v) is 14.2. The number of hydrogen-bond acceptors (Lipinski definition) is 4. The number of aryl methyl sites for hydroxylation is 1. The van der Waals surface area contributed by atoms with Crippen LogP contribution in [0, 0.1) is 17.8 Å². The molecule has 206 valence electrons. The molecule has 1 N–H and O–H groups in total. The molecule has 4 heteroatoms. The second kappa shape index (κ2) is 15.7. The van der Waals surface area contributed by atoms with Gasteiger partial charge in [0.1, 0.15) is 0 Å². The molecule has 0 heterocycles. The Balaban J connectivity index is 1.48. The van der Waals surface area contributed by atoms with E-state index in [2.05, 4.69) is 81.1 Å². The molecule has 1 aliphatic carbocycles. The maximum absolute atomic E-state index is 11.9. The summed E-state index contributed by atoms with van der Waals surface area (Å²) in [6.07, 6.45) is 12.4. The molecular formula is C34H46O4. The van der Waals surface area contributed by atoms with Crippen LogP contribution in [0.5, 0.6) is 0 Å². The molecule has 1 saturated carbocycles. The molecule has 3 rings (SSSR count). The molecule has 0 bridgehead atoms. The highest BCUT2D eigenvalue weighted by Crippen LogP contribution is 2.40. The fourth-order valence-electron chi connectivity index (χ4n) is 5.75. The van der Waals surface area contributed by atoms with E-state index in [-0.39, 0.29) is 18.1 Å². The largest absolute Gasteiger partial charge is 0.462 e. The van der Waals surface area contributed by atoms with Crippen LogP contribution in [0.25, 0.3) is 11.1 Å². The van der Waals surface area contributed by atoms with Gasteiger partial charge in [0.2, 0.25) is 0 Å². The van der Waals surface area contributed by atoms with E-state index in [9.17, 15) is 4.79 Å². The van der Waals surface area contributed by atoms with Crippen LogP contribution in [0.4, 0.5) is 0 Å². The van der Waals surface area contributed by atoms with Crippen LogP contribution in [0.2, 0.25) is 0 Å². The van der Waals surface area contributed by atoms with Crippen LogP contribution < -0.4 is 0 Å². The Kier molecular flexibility index (Phi) is 12.3. The van der Waals surface area contributed by atoms with Gasteiger partial charge in [0, 0.05) is 13.0 Å². The summed E-state index contributed by atoms with van der Waals surface area (Å²) in [5.74, 6) is 1.48. The van der Waals surface area contributed by atoms with Crippen LogP contribution in [0.1, 0.15) is 69.4 Å². The van der Waals surface area contributed by atoms with Crippen molar-refractivity contribution >= 4 is 5.97 Å².